The fraction of sp³-hybridized carbons (Fsp3) is 0.500. The second kappa shape index (κ2) is 7.43. The summed E-state index contributed by atoms with van der Waals surface area (Å²) in [6.45, 7) is 1.31. The quantitative estimate of drug-likeness (QED) is 0.758. The topological polar surface area (TPSA) is 76.5 Å². The summed E-state index contributed by atoms with van der Waals surface area (Å²) in [5.41, 5.74) is 0.851. The van der Waals surface area contributed by atoms with Gasteiger partial charge >= 0.3 is 0 Å². The van der Waals surface area contributed by atoms with Crippen molar-refractivity contribution in [2.24, 2.45) is 13.0 Å². The molecule has 2 aliphatic rings. The number of hydrogen-bond acceptors (Lipinski definition) is 5. The molecule has 2 aromatic rings. The number of nitrogens with zero attached hydrogens (tertiary/aromatic N) is 3. The molecule has 2 unspecified atom stereocenters. The van der Waals surface area contributed by atoms with Crippen LogP contribution in [-0.4, -0.2) is 54.1 Å². The second-order valence-corrected chi connectivity index (χ2v) is 9.60. The summed E-state index contributed by atoms with van der Waals surface area (Å²) >= 11 is 6.07. The van der Waals surface area contributed by atoms with Gasteiger partial charge in [-0.05, 0) is 37.0 Å². The number of halogens is 1. The molecule has 1 aromatic carbocycles. The van der Waals surface area contributed by atoms with Gasteiger partial charge in [0.2, 0.25) is 0 Å². The average molecular weight is 411 g/mol. The Bertz CT molecular complexity index is 913. The van der Waals surface area contributed by atoms with Gasteiger partial charge in [-0.25, -0.2) is 13.4 Å². The van der Waals surface area contributed by atoms with Gasteiger partial charge in [-0.3, -0.25) is 0 Å². The minimum absolute atomic E-state index is 0.0642. The van der Waals surface area contributed by atoms with Gasteiger partial charge in [0.05, 0.1) is 18.5 Å². The summed E-state index contributed by atoms with van der Waals surface area (Å²) in [6, 6.07) is 7.26. The molecule has 1 aromatic heterocycles. The number of aryl methyl sites for hydroxylation is 1. The summed E-state index contributed by atoms with van der Waals surface area (Å²) in [5, 5.41) is 4.09. The third-order valence-electron chi connectivity index (χ3n) is 4.94. The van der Waals surface area contributed by atoms with Crippen LogP contribution in [0.5, 0.6) is 0 Å². The van der Waals surface area contributed by atoms with Crippen molar-refractivity contribution in [2.75, 3.05) is 25.0 Å². The maximum absolute atomic E-state index is 12.9. The number of hydrogen-bond donors (Lipinski definition) is 1. The van der Waals surface area contributed by atoms with Crippen molar-refractivity contribution >= 4 is 27.3 Å². The first-order valence-corrected chi connectivity index (χ1v) is 10.9. The molecule has 146 valence electrons. The first-order chi connectivity index (χ1) is 12.9. The Labute approximate surface area is 164 Å². The zero-order valence-electron chi connectivity index (χ0n) is 15.1. The SMILES string of the molecule is Cn1cnc(S(=O)(=O)N2CC(Nc3cccc(Cl)c3)C(OCC3CC3)C2)c1. The molecule has 0 amide bonds. The Balaban J connectivity index is 1.52. The molecule has 2 atom stereocenters. The smallest absolute Gasteiger partial charge is 0.262 e. The lowest BCUT2D eigenvalue weighted by Crippen LogP contribution is -2.35. The lowest BCUT2D eigenvalue weighted by atomic mass is 10.2. The second-order valence-electron chi connectivity index (χ2n) is 7.28. The Morgan fingerprint density at radius 1 is 1.33 bits per heavy atom. The summed E-state index contributed by atoms with van der Waals surface area (Å²) in [4.78, 5) is 4.02. The molecule has 1 N–H and O–H groups in total. The van der Waals surface area contributed by atoms with E-state index in [1.807, 2.05) is 18.2 Å². The number of sulfonamides is 1. The average Bonchev–Trinajstić information content (AvgIpc) is 3.20. The van der Waals surface area contributed by atoms with Crippen LogP contribution in [0.15, 0.2) is 41.8 Å². The van der Waals surface area contributed by atoms with E-state index in [1.54, 1.807) is 17.7 Å². The summed E-state index contributed by atoms with van der Waals surface area (Å²) < 4.78 is 35.0. The highest BCUT2D eigenvalue weighted by Crippen LogP contribution is 2.31. The molecule has 1 saturated carbocycles. The normalized spacial score (nSPS) is 23.6. The first-order valence-electron chi connectivity index (χ1n) is 9.03. The monoisotopic (exact) mass is 410 g/mol. The van der Waals surface area contributed by atoms with Crippen molar-refractivity contribution in [2.45, 2.75) is 30.0 Å². The number of benzene rings is 1. The molecule has 9 heteroatoms. The molecule has 1 saturated heterocycles. The number of rotatable bonds is 7. The van der Waals surface area contributed by atoms with Crippen LogP contribution in [0, 0.1) is 5.92 Å². The predicted octanol–water partition coefficient (Wildman–Crippen LogP) is 2.35. The van der Waals surface area contributed by atoms with Gasteiger partial charge < -0.3 is 14.6 Å². The van der Waals surface area contributed by atoms with Crippen LogP contribution in [0.4, 0.5) is 5.69 Å². The fourth-order valence-corrected chi connectivity index (χ4v) is 4.87. The molecule has 1 aliphatic carbocycles. The zero-order valence-corrected chi connectivity index (χ0v) is 16.7. The van der Waals surface area contributed by atoms with Crippen LogP contribution in [0.25, 0.3) is 0 Å². The third-order valence-corrected chi connectivity index (χ3v) is 6.89. The summed E-state index contributed by atoms with van der Waals surface area (Å²) in [6.07, 6.45) is 5.17. The van der Waals surface area contributed by atoms with E-state index >= 15 is 0 Å². The van der Waals surface area contributed by atoms with Crippen molar-refractivity contribution < 1.29 is 13.2 Å². The van der Waals surface area contributed by atoms with Gasteiger partial charge in [0.1, 0.15) is 0 Å². The van der Waals surface area contributed by atoms with Crippen molar-refractivity contribution in [1.82, 2.24) is 13.9 Å². The molecule has 1 aliphatic heterocycles. The molecule has 7 nitrogen and oxygen atoms in total. The molecule has 2 heterocycles. The van der Waals surface area contributed by atoms with Gasteiger partial charge in [-0.15, -0.1) is 0 Å². The van der Waals surface area contributed by atoms with Gasteiger partial charge in [0, 0.05) is 43.7 Å². The number of nitrogens with one attached hydrogen (secondary N) is 1. The number of aromatic nitrogens is 2. The van der Waals surface area contributed by atoms with E-state index in [0.29, 0.717) is 30.6 Å². The third kappa shape index (κ3) is 4.29. The molecule has 27 heavy (non-hydrogen) atoms. The molecule has 0 radical (unpaired) electrons. The van der Waals surface area contributed by atoms with Gasteiger partial charge in [-0.2, -0.15) is 4.31 Å². The Kier molecular flexibility index (Phi) is 5.15. The largest absolute Gasteiger partial charge is 0.378 e. The van der Waals surface area contributed by atoms with Crippen molar-refractivity contribution in [1.29, 1.82) is 0 Å². The highest BCUT2D eigenvalue weighted by Gasteiger charge is 2.41. The van der Waals surface area contributed by atoms with Crippen LogP contribution in [0.3, 0.4) is 0 Å². The summed E-state index contributed by atoms with van der Waals surface area (Å²) in [5.74, 6) is 0.610. The van der Waals surface area contributed by atoms with Crippen molar-refractivity contribution in [3.8, 4) is 0 Å². The minimum atomic E-state index is -3.65. The van der Waals surface area contributed by atoms with E-state index in [4.69, 9.17) is 16.3 Å². The maximum atomic E-state index is 12.9. The number of imidazole rings is 1. The minimum Gasteiger partial charge on any atom is -0.378 e. The Morgan fingerprint density at radius 3 is 2.81 bits per heavy atom. The molecule has 0 bridgehead atoms. The molecule has 4 rings (SSSR count). The number of ether oxygens (including phenoxy) is 1. The molecule has 0 spiro atoms. The van der Waals surface area contributed by atoms with Crippen LogP contribution in [0.1, 0.15) is 12.8 Å². The van der Waals surface area contributed by atoms with Crippen LogP contribution < -0.4 is 5.32 Å². The highest BCUT2D eigenvalue weighted by atomic mass is 35.5. The van der Waals surface area contributed by atoms with Gasteiger partial charge in [0.15, 0.2) is 5.03 Å². The zero-order chi connectivity index (χ0) is 19.0. The molecular formula is C18H23ClN4O3S. The van der Waals surface area contributed by atoms with Crippen LogP contribution >= 0.6 is 11.6 Å². The van der Waals surface area contributed by atoms with E-state index in [0.717, 1.165) is 5.69 Å². The van der Waals surface area contributed by atoms with E-state index < -0.39 is 10.0 Å². The standard InChI is InChI=1S/C18H23ClN4O3S/c1-22-10-18(20-12-22)27(24,25)23-8-16(17(9-23)26-11-13-5-6-13)21-15-4-2-3-14(19)7-15/h2-4,7,10,12-13,16-17,21H,5-6,8-9,11H2,1H3. The summed E-state index contributed by atoms with van der Waals surface area (Å²) in [7, 11) is -1.90. The van der Waals surface area contributed by atoms with Crippen molar-refractivity contribution in [3.05, 3.63) is 41.8 Å². The Hall–Kier alpha value is -1.61. The van der Waals surface area contributed by atoms with Gasteiger partial charge in [0.25, 0.3) is 10.0 Å². The fourth-order valence-electron chi connectivity index (χ4n) is 3.23. The van der Waals surface area contributed by atoms with E-state index in [-0.39, 0.29) is 17.2 Å². The maximum Gasteiger partial charge on any atom is 0.262 e. The molecule has 2 fully saturated rings. The van der Waals surface area contributed by atoms with E-state index in [2.05, 4.69) is 10.3 Å². The lowest BCUT2D eigenvalue weighted by Gasteiger charge is -2.21. The lowest BCUT2D eigenvalue weighted by molar-refractivity contribution is 0.0506. The highest BCUT2D eigenvalue weighted by molar-refractivity contribution is 7.89. The van der Waals surface area contributed by atoms with Crippen LogP contribution in [-0.2, 0) is 21.8 Å². The predicted molar refractivity (Wildman–Crippen MR) is 103 cm³/mol. The van der Waals surface area contributed by atoms with Crippen LogP contribution in [0.2, 0.25) is 5.02 Å². The van der Waals surface area contributed by atoms with E-state index in [9.17, 15) is 8.42 Å². The van der Waals surface area contributed by atoms with Crippen molar-refractivity contribution in [3.63, 3.8) is 0 Å². The van der Waals surface area contributed by atoms with E-state index in [1.165, 1.54) is 29.7 Å². The Morgan fingerprint density at radius 2 is 2.15 bits per heavy atom. The molecular weight excluding hydrogens is 388 g/mol. The first kappa shape index (κ1) is 18.7. The number of anilines is 1. The van der Waals surface area contributed by atoms with Gasteiger partial charge in [-0.1, -0.05) is 17.7 Å².